The summed E-state index contributed by atoms with van der Waals surface area (Å²) in [5, 5.41) is 19.6. The third kappa shape index (κ3) is 11.2. The minimum Gasteiger partial charge on any atom is -1.00 e. The molecule has 0 saturated carbocycles. The molecular formula is C37H41ClN2O2Ti. The maximum Gasteiger partial charge on any atom is 4.00 e. The predicted molar refractivity (Wildman–Crippen MR) is 174 cm³/mol. The topological polar surface area (TPSA) is 88.1 Å². The van der Waals surface area contributed by atoms with Gasteiger partial charge in [0, 0.05) is 11.1 Å². The minimum absolute atomic E-state index is 0. The summed E-state index contributed by atoms with van der Waals surface area (Å²) in [5.74, 6) is 1.51. The summed E-state index contributed by atoms with van der Waals surface area (Å²) in [7, 11) is 0. The van der Waals surface area contributed by atoms with Gasteiger partial charge in [0.25, 0.3) is 0 Å². The molecule has 5 rings (SSSR count). The summed E-state index contributed by atoms with van der Waals surface area (Å²) in [4.78, 5) is 0. The van der Waals surface area contributed by atoms with Gasteiger partial charge < -0.3 is 34.1 Å². The summed E-state index contributed by atoms with van der Waals surface area (Å²) in [5.41, 5.74) is 21.1. The van der Waals surface area contributed by atoms with Crippen molar-refractivity contribution < 1.29 is 44.3 Å². The monoisotopic (exact) mass is 628 g/mol. The summed E-state index contributed by atoms with van der Waals surface area (Å²) in [6, 6.07) is 24.6. The molecule has 0 radical (unpaired) electrons. The molecule has 0 amide bonds. The first-order chi connectivity index (χ1) is 19.7. The van der Waals surface area contributed by atoms with Crippen LogP contribution in [-0.4, -0.2) is 10.2 Å². The SMILES string of the molecule is CC(C)C1C([NH-])=CC=CC1=Cc1ccccc1O.CC(C)C1C([NH-])=CC=CC1=Cc1ccccc1O.[Cl-].[Ti+4].c1cc[cH-]c1. The first-order valence-electron chi connectivity index (χ1n) is 14.0. The molecule has 0 fully saturated rings. The Kier molecular flexibility index (Phi) is 16.4. The number of phenolic OH excluding ortho intramolecular Hbond substituents is 2. The Bertz CT molecular complexity index is 1330. The second-order valence-electron chi connectivity index (χ2n) is 10.8. The van der Waals surface area contributed by atoms with Gasteiger partial charge in [-0.15, -0.1) is 0 Å². The van der Waals surface area contributed by atoms with Crippen LogP contribution in [0.4, 0.5) is 0 Å². The van der Waals surface area contributed by atoms with Crippen molar-refractivity contribution in [3.05, 3.63) is 160 Å². The smallest absolute Gasteiger partial charge is 1.00 e. The first-order valence-corrected chi connectivity index (χ1v) is 14.0. The van der Waals surface area contributed by atoms with Gasteiger partial charge in [-0.05, 0) is 59.1 Å². The summed E-state index contributed by atoms with van der Waals surface area (Å²) >= 11 is 0. The molecule has 6 heteroatoms. The zero-order valence-corrected chi connectivity index (χ0v) is 27.5. The van der Waals surface area contributed by atoms with Crippen LogP contribution in [0.25, 0.3) is 23.6 Å². The maximum absolute atomic E-state index is 9.80. The van der Waals surface area contributed by atoms with Crippen LogP contribution in [0, 0.1) is 23.7 Å². The molecule has 222 valence electrons. The number of rotatable bonds is 4. The van der Waals surface area contributed by atoms with Gasteiger partial charge in [0.1, 0.15) is 11.5 Å². The first kappa shape index (κ1) is 37.5. The van der Waals surface area contributed by atoms with E-state index in [9.17, 15) is 10.2 Å². The molecule has 2 unspecified atom stereocenters. The van der Waals surface area contributed by atoms with E-state index >= 15 is 0 Å². The van der Waals surface area contributed by atoms with Gasteiger partial charge in [0.15, 0.2) is 0 Å². The van der Waals surface area contributed by atoms with Crippen LogP contribution in [0.1, 0.15) is 38.8 Å². The number of benzene rings is 2. The van der Waals surface area contributed by atoms with Gasteiger partial charge in [-0.1, -0.05) is 101 Å². The number of para-hydroxylation sites is 2. The number of nitrogens with one attached hydrogen (secondary N) is 2. The molecule has 0 spiro atoms. The van der Waals surface area contributed by atoms with Gasteiger partial charge in [0.2, 0.25) is 0 Å². The van der Waals surface area contributed by atoms with Gasteiger partial charge in [0.05, 0.1) is 0 Å². The van der Waals surface area contributed by atoms with Gasteiger partial charge in [-0.2, -0.15) is 29.6 Å². The third-order valence-corrected chi connectivity index (χ3v) is 6.92. The average Bonchev–Trinajstić information content (AvgIpc) is 3.52. The van der Waals surface area contributed by atoms with Crippen LogP contribution < -0.4 is 12.4 Å². The van der Waals surface area contributed by atoms with E-state index in [1.807, 2.05) is 115 Å². The third-order valence-electron chi connectivity index (χ3n) is 6.92. The van der Waals surface area contributed by atoms with Crippen molar-refractivity contribution in [3.63, 3.8) is 0 Å². The largest absolute Gasteiger partial charge is 4.00 e. The van der Waals surface area contributed by atoms with Crippen molar-refractivity contribution in [2.45, 2.75) is 27.7 Å². The molecule has 3 aromatic carbocycles. The summed E-state index contributed by atoms with van der Waals surface area (Å²) in [6.07, 6.45) is 15.5. The fourth-order valence-electron chi connectivity index (χ4n) is 4.96. The Morgan fingerprint density at radius 1 is 0.651 bits per heavy atom. The summed E-state index contributed by atoms with van der Waals surface area (Å²) < 4.78 is 0. The van der Waals surface area contributed by atoms with Crippen molar-refractivity contribution in [1.82, 2.24) is 0 Å². The molecular weight excluding hydrogens is 588 g/mol. The Balaban J connectivity index is 0.000000355. The number of allylic oxidation sites excluding steroid dienone is 8. The quantitative estimate of drug-likeness (QED) is 0.231. The van der Waals surface area contributed by atoms with E-state index in [4.69, 9.17) is 11.5 Å². The van der Waals surface area contributed by atoms with E-state index < -0.39 is 0 Å². The van der Waals surface area contributed by atoms with E-state index in [-0.39, 0.29) is 57.5 Å². The number of hydrogen-bond acceptors (Lipinski definition) is 2. The molecule has 2 aliphatic carbocycles. The van der Waals surface area contributed by atoms with E-state index in [1.165, 1.54) is 0 Å². The zero-order chi connectivity index (χ0) is 29.8. The van der Waals surface area contributed by atoms with Gasteiger partial charge in [-0.25, -0.2) is 12.1 Å². The molecule has 0 heterocycles. The van der Waals surface area contributed by atoms with Crippen molar-refractivity contribution in [1.29, 1.82) is 0 Å². The standard InChI is InChI=1S/2C16H18NO.C5H5.ClH.Ti/c2*1-11(2)16-13(7-5-8-14(16)17)10-12-6-3-4-9-15(12)18;1-2-4-5-3-1;;/h2*3-11,16-18H,1-2H3;1-5H;1H;/q3*-1;;+4/p-1. The molecule has 0 bridgehead atoms. The molecule has 4 N–H and O–H groups in total. The zero-order valence-electron chi connectivity index (χ0n) is 25.2. The van der Waals surface area contributed by atoms with Crippen molar-refractivity contribution >= 4 is 12.2 Å². The number of phenols is 2. The molecule has 2 aliphatic rings. The number of halogens is 1. The fourth-order valence-corrected chi connectivity index (χ4v) is 4.96. The normalized spacial score (nSPS) is 18.8. The molecule has 43 heavy (non-hydrogen) atoms. The van der Waals surface area contributed by atoms with Crippen molar-refractivity contribution in [2.75, 3.05) is 0 Å². The molecule has 0 aliphatic heterocycles. The Morgan fingerprint density at radius 3 is 1.33 bits per heavy atom. The Morgan fingerprint density at radius 2 is 1.02 bits per heavy atom. The van der Waals surface area contributed by atoms with E-state index in [0.29, 0.717) is 23.2 Å². The molecule has 0 saturated heterocycles. The molecule has 3 aromatic rings. The number of hydrogen-bond donors (Lipinski definition) is 2. The van der Waals surface area contributed by atoms with Gasteiger partial charge in [-0.3, -0.25) is 0 Å². The second kappa shape index (κ2) is 18.9. The molecule has 2 atom stereocenters. The van der Waals surface area contributed by atoms with Crippen LogP contribution in [0.5, 0.6) is 11.5 Å². The number of aromatic hydroxyl groups is 2. The molecule has 4 nitrogen and oxygen atoms in total. The van der Waals surface area contributed by atoms with E-state index in [2.05, 4.69) is 27.7 Å². The fraction of sp³-hybridized carbons (Fsp3) is 0.216. The second-order valence-corrected chi connectivity index (χ2v) is 10.8. The van der Waals surface area contributed by atoms with E-state index in [1.54, 1.807) is 12.1 Å². The average molecular weight is 629 g/mol. The Labute approximate surface area is 278 Å². The van der Waals surface area contributed by atoms with Crippen molar-refractivity contribution in [2.24, 2.45) is 23.7 Å². The van der Waals surface area contributed by atoms with E-state index in [0.717, 1.165) is 22.3 Å². The molecule has 0 aromatic heterocycles. The minimum atomic E-state index is 0. The van der Waals surface area contributed by atoms with Crippen LogP contribution in [0.15, 0.2) is 138 Å². The maximum atomic E-state index is 9.80. The van der Waals surface area contributed by atoms with Gasteiger partial charge >= 0.3 is 21.7 Å². The van der Waals surface area contributed by atoms with Crippen LogP contribution in [0.3, 0.4) is 0 Å². The van der Waals surface area contributed by atoms with Crippen LogP contribution in [0.2, 0.25) is 0 Å². The van der Waals surface area contributed by atoms with Crippen molar-refractivity contribution in [3.8, 4) is 11.5 Å². The van der Waals surface area contributed by atoms with Crippen LogP contribution in [-0.2, 0) is 21.7 Å². The summed E-state index contributed by atoms with van der Waals surface area (Å²) in [6.45, 7) is 8.46. The Hall–Kier alpha value is -3.57. The van der Waals surface area contributed by atoms with Crippen LogP contribution >= 0.6 is 0 Å². The predicted octanol–water partition coefficient (Wildman–Crippen LogP) is 7.51.